The summed E-state index contributed by atoms with van der Waals surface area (Å²) in [4.78, 5) is 0.839. The van der Waals surface area contributed by atoms with Crippen molar-refractivity contribution in [3.63, 3.8) is 0 Å². The second-order valence-corrected chi connectivity index (χ2v) is 5.24. The van der Waals surface area contributed by atoms with Crippen LogP contribution in [0.1, 0.15) is 5.56 Å². The van der Waals surface area contributed by atoms with E-state index in [9.17, 15) is 12.3 Å². The fourth-order valence-corrected chi connectivity index (χ4v) is 2.59. The second kappa shape index (κ2) is 3.74. The Hall–Kier alpha value is -1.21. The molecule has 4 nitrogen and oxygen atoms in total. The molecular formula is C8H7FN2O2S2. The molecule has 0 radical (unpaired) electrons. The van der Waals surface area contributed by atoms with Gasteiger partial charge in [-0.05, 0) is 11.4 Å². The maximum Gasteiger partial charge on any atom is 0.306 e. The number of aromatic nitrogens is 2. The number of nitrogens with one attached hydrogen (secondary N) is 1. The molecule has 0 saturated heterocycles. The van der Waals surface area contributed by atoms with E-state index in [1.165, 1.54) is 17.5 Å². The Morgan fingerprint density at radius 2 is 2.33 bits per heavy atom. The van der Waals surface area contributed by atoms with Gasteiger partial charge in [0.25, 0.3) is 0 Å². The average Bonchev–Trinajstić information content (AvgIpc) is 2.68. The monoisotopic (exact) mass is 246 g/mol. The Kier molecular flexibility index (Phi) is 2.57. The van der Waals surface area contributed by atoms with Crippen LogP contribution in [0.25, 0.3) is 10.6 Å². The summed E-state index contributed by atoms with van der Waals surface area (Å²) in [6, 6.07) is 3.64. The van der Waals surface area contributed by atoms with E-state index >= 15 is 0 Å². The first-order chi connectivity index (χ1) is 7.06. The molecule has 0 bridgehead atoms. The van der Waals surface area contributed by atoms with Crippen LogP contribution in [0.2, 0.25) is 0 Å². The number of halogens is 1. The summed E-state index contributed by atoms with van der Waals surface area (Å²) < 4.78 is 33.5. The minimum Gasteiger partial charge on any atom is -0.277 e. The highest BCUT2D eigenvalue weighted by Gasteiger charge is 2.15. The Bertz CT molecular complexity index is 545. The van der Waals surface area contributed by atoms with Crippen LogP contribution in [0.15, 0.2) is 23.7 Å². The SMILES string of the molecule is O=S(=O)(F)Cc1cn[nH]c1-c1cccs1. The third kappa shape index (κ3) is 2.42. The van der Waals surface area contributed by atoms with Gasteiger partial charge in [-0.2, -0.15) is 13.5 Å². The van der Waals surface area contributed by atoms with Gasteiger partial charge in [-0.3, -0.25) is 5.10 Å². The molecule has 0 aromatic carbocycles. The maximum absolute atomic E-state index is 12.5. The largest absolute Gasteiger partial charge is 0.306 e. The number of nitrogens with zero attached hydrogens (tertiary/aromatic N) is 1. The molecule has 2 rings (SSSR count). The van der Waals surface area contributed by atoms with E-state index in [0.29, 0.717) is 11.3 Å². The fraction of sp³-hybridized carbons (Fsp3) is 0.125. The molecule has 0 aliphatic heterocycles. The highest BCUT2D eigenvalue weighted by atomic mass is 32.3. The molecule has 0 aliphatic carbocycles. The molecule has 2 aromatic heterocycles. The van der Waals surface area contributed by atoms with E-state index in [2.05, 4.69) is 10.2 Å². The van der Waals surface area contributed by atoms with Gasteiger partial charge in [-0.1, -0.05) is 6.07 Å². The van der Waals surface area contributed by atoms with E-state index in [-0.39, 0.29) is 0 Å². The van der Waals surface area contributed by atoms with Gasteiger partial charge in [-0.25, -0.2) is 0 Å². The zero-order valence-electron chi connectivity index (χ0n) is 7.47. The Morgan fingerprint density at radius 3 is 2.93 bits per heavy atom. The molecule has 2 aromatic rings. The lowest BCUT2D eigenvalue weighted by Crippen LogP contribution is -1.96. The van der Waals surface area contributed by atoms with Crippen LogP contribution in [0.4, 0.5) is 3.89 Å². The molecule has 80 valence electrons. The summed E-state index contributed by atoms with van der Waals surface area (Å²) in [6.07, 6.45) is 1.33. The molecule has 0 saturated carbocycles. The predicted octanol–water partition coefficient (Wildman–Crippen LogP) is 1.94. The van der Waals surface area contributed by atoms with Gasteiger partial charge in [0.15, 0.2) is 0 Å². The first kappa shape index (κ1) is 10.3. The summed E-state index contributed by atoms with van der Waals surface area (Å²) in [5.74, 6) is -0.642. The predicted molar refractivity (Wildman–Crippen MR) is 55.6 cm³/mol. The molecule has 0 aliphatic rings. The van der Waals surface area contributed by atoms with Crippen molar-refractivity contribution in [1.29, 1.82) is 0 Å². The van der Waals surface area contributed by atoms with Crippen molar-refractivity contribution >= 4 is 21.6 Å². The Morgan fingerprint density at radius 1 is 1.53 bits per heavy atom. The van der Waals surface area contributed by atoms with Gasteiger partial charge < -0.3 is 0 Å². The van der Waals surface area contributed by atoms with Crippen molar-refractivity contribution in [1.82, 2.24) is 10.2 Å². The third-order valence-electron chi connectivity index (χ3n) is 1.81. The van der Waals surface area contributed by atoms with Crippen LogP contribution in [0.3, 0.4) is 0 Å². The second-order valence-electron chi connectivity index (χ2n) is 2.93. The molecule has 0 fully saturated rings. The quantitative estimate of drug-likeness (QED) is 0.842. The van der Waals surface area contributed by atoms with Crippen molar-refractivity contribution in [2.75, 3.05) is 0 Å². The van der Waals surface area contributed by atoms with E-state index < -0.39 is 16.0 Å². The van der Waals surface area contributed by atoms with Gasteiger partial charge in [0.1, 0.15) is 5.75 Å². The molecule has 1 N–H and O–H groups in total. The van der Waals surface area contributed by atoms with Crippen LogP contribution in [0.5, 0.6) is 0 Å². The minimum absolute atomic E-state index is 0.347. The molecule has 7 heteroatoms. The van der Waals surface area contributed by atoms with Crippen molar-refractivity contribution in [3.05, 3.63) is 29.3 Å². The van der Waals surface area contributed by atoms with E-state index in [0.717, 1.165) is 4.88 Å². The van der Waals surface area contributed by atoms with Crippen molar-refractivity contribution < 1.29 is 12.3 Å². The summed E-state index contributed by atoms with van der Waals surface area (Å²) in [5.41, 5.74) is 0.908. The first-order valence-electron chi connectivity index (χ1n) is 4.05. The minimum atomic E-state index is -4.52. The molecule has 2 heterocycles. The molecule has 15 heavy (non-hydrogen) atoms. The standard InChI is InChI=1S/C8H7FN2O2S2/c9-15(12,13)5-6-4-10-11-8(6)7-2-1-3-14-7/h1-4H,5H2,(H,10,11). The summed E-state index contributed by atoms with van der Waals surface area (Å²) in [5, 5.41) is 8.22. The molecule has 0 atom stereocenters. The van der Waals surface area contributed by atoms with Crippen LogP contribution in [-0.4, -0.2) is 18.6 Å². The lowest BCUT2D eigenvalue weighted by Gasteiger charge is -1.96. The Balaban J connectivity index is 2.39. The normalized spacial score (nSPS) is 11.8. The smallest absolute Gasteiger partial charge is 0.277 e. The number of rotatable bonds is 3. The van der Waals surface area contributed by atoms with Crippen LogP contribution >= 0.6 is 11.3 Å². The summed E-state index contributed by atoms with van der Waals surface area (Å²) >= 11 is 1.43. The topological polar surface area (TPSA) is 62.8 Å². The van der Waals surface area contributed by atoms with E-state index in [1.54, 1.807) is 0 Å². The summed E-state index contributed by atoms with van der Waals surface area (Å²) in [6.45, 7) is 0. The summed E-state index contributed by atoms with van der Waals surface area (Å²) in [7, 11) is -4.52. The lowest BCUT2D eigenvalue weighted by molar-refractivity contribution is 0.551. The van der Waals surface area contributed by atoms with Gasteiger partial charge in [0.05, 0.1) is 16.8 Å². The molecular weight excluding hydrogens is 239 g/mol. The number of thiophene rings is 1. The molecule has 0 spiro atoms. The van der Waals surface area contributed by atoms with Gasteiger partial charge in [-0.15, -0.1) is 15.2 Å². The van der Waals surface area contributed by atoms with Crippen LogP contribution < -0.4 is 0 Å². The van der Waals surface area contributed by atoms with E-state index in [1.807, 2.05) is 17.5 Å². The van der Waals surface area contributed by atoms with Gasteiger partial charge >= 0.3 is 10.2 Å². The highest BCUT2D eigenvalue weighted by molar-refractivity contribution is 7.85. The third-order valence-corrected chi connectivity index (χ3v) is 3.36. The number of hydrogen-bond donors (Lipinski definition) is 1. The maximum atomic E-state index is 12.5. The number of hydrogen-bond acceptors (Lipinski definition) is 4. The van der Waals surface area contributed by atoms with Crippen molar-refractivity contribution in [2.24, 2.45) is 0 Å². The first-order valence-corrected chi connectivity index (χ1v) is 6.48. The zero-order valence-corrected chi connectivity index (χ0v) is 9.11. The molecule has 0 unspecified atom stereocenters. The van der Waals surface area contributed by atoms with Gasteiger partial charge in [0, 0.05) is 5.56 Å². The number of aromatic amines is 1. The van der Waals surface area contributed by atoms with Crippen LogP contribution in [-0.2, 0) is 16.0 Å². The van der Waals surface area contributed by atoms with Gasteiger partial charge in [0.2, 0.25) is 0 Å². The van der Waals surface area contributed by atoms with Crippen molar-refractivity contribution in [3.8, 4) is 10.6 Å². The van der Waals surface area contributed by atoms with Crippen molar-refractivity contribution in [2.45, 2.75) is 5.75 Å². The zero-order chi connectivity index (χ0) is 10.9. The fourth-order valence-electron chi connectivity index (χ4n) is 1.24. The van der Waals surface area contributed by atoms with Crippen LogP contribution in [0, 0.1) is 0 Å². The number of H-pyrrole nitrogens is 1. The average molecular weight is 246 g/mol. The Labute approximate surface area is 90.0 Å². The highest BCUT2D eigenvalue weighted by Crippen LogP contribution is 2.26. The molecule has 0 amide bonds. The lowest BCUT2D eigenvalue weighted by atomic mass is 10.2. The van der Waals surface area contributed by atoms with E-state index in [4.69, 9.17) is 0 Å².